The Hall–Kier alpha value is -2.93. The van der Waals surface area contributed by atoms with Crippen LogP contribution in [0.5, 0.6) is 0 Å². The third-order valence-corrected chi connectivity index (χ3v) is 3.54. The molecule has 0 saturated carbocycles. The standard InChI is InChI=1S/C16H14ClN5O2/c17-15-4-3-13(9-20-15)22-10-11(14(21-22)6-16(23)24)7-19-12-2-1-5-18-8-12/h1-5,8-10,19H,6-7H2,(H,23,24). The number of carboxylic acid groups (broad SMARTS) is 1. The highest BCUT2D eigenvalue weighted by Gasteiger charge is 2.13. The van der Waals surface area contributed by atoms with E-state index in [9.17, 15) is 4.79 Å². The quantitative estimate of drug-likeness (QED) is 0.668. The third kappa shape index (κ3) is 3.88. The van der Waals surface area contributed by atoms with E-state index in [4.69, 9.17) is 16.7 Å². The largest absolute Gasteiger partial charge is 0.481 e. The highest BCUT2D eigenvalue weighted by atomic mass is 35.5. The molecule has 3 aromatic rings. The maximum Gasteiger partial charge on any atom is 0.309 e. The molecule has 0 aromatic carbocycles. The van der Waals surface area contributed by atoms with Crippen molar-refractivity contribution in [3.05, 3.63) is 65.5 Å². The minimum atomic E-state index is -0.933. The van der Waals surface area contributed by atoms with Gasteiger partial charge in [-0.05, 0) is 24.3 Å². The van der Waals surface area contributed by atoms with Gasteiger partial charge < -0.3 is 10.4 Å². The Labute approximate surface area is 142 Å². The summed E-state index contributed by atoms with van der Waals surface area (Å²) in [5.74, 6) is -0.933. The van der Waals surface area contributed by atoms with Crippen molar-refractivity contribution in [1.29, 1.82) is 0 Å². The van der Waals surface area contributed by atoms with Gasteiger partial charge in [-0.25, -0.2) is 9.67 Å². The van der Waals surface area contributed by atoms with Gasteiger partial charge in [0.1, 0.15) is 5.15 Å². The fourth-order valence-corrected chi connectivity index (χ4v) is 2.30. The second-order valence-electron chi connectivity index (χ2n) is 5.05. The summed E-state index contributed by atoms with van der Waals surface area (Å²) in [6, 6.07) is 7.13. The topological polar surface area (TPSA) is 92.9 Å². The van der Waals surface area contributed by atoms with Crippen molar-refractivity contribution in [3.8, 4) is 5.69 Å². The van der Waals surface area contributed by atoms with E-state index < -0.39 is 5.97 Å². The van der Waals surface area contributed by atoms with Crippen molar-refractivity contribution in [2.45, 2.75) is 13.0 Å². The maximum absolute atomic E-state index is 11.1. The first-order chi connectivity index (χ1) is 11.6. The van der Waals surface area contributed by atoms with Gasteiger partial charge in [-0.1, -0.05) is 11.6 Å². The number of anilines is 1. The third-order valence-electron chi connectivity index (χ3n) is 3.32. The van der Waals surface area contributed by atoms with Gasteiger partial charge in [-0.15, -0.1) is 0 Å². The van der Waals surface area contributed by atoms with Gasteiger partial charge in [0.15, 0.2) is 0 Å². The van der Waals surface area contributed by atoms with E-state index in [1.807, 2.05) is 12.1 Å². The van der Waals surface area contributed by atoms with Crippen molar-refractivity contribution < 1.29 is 9.90 Å². The lowest BCUT2D eigenvalue weighted by Gasteiger charge is -2.04. The van der Waals surface area contributed by atoms with Crippen LogP contribution in [0.3, 0.4) is 0 Å². The Morgan fingerprint density at radius 1 is 1.29 bits per heavy atom. The van der Waals surface area contributed by atoms with Gasteiger partial charge in [0.2, 0.25) is 0 Å². The predicted molar refractivity (Wildman–Crippen MR) is 89.3 cm³/mol. The Kier molecular flexibility index (Phi) is 4.72. The number of nitrogens with zero attached hydrogens (tertiary/aromatic N) is 4. The minimum Gasteiger partial charge on any atom is -0.481 e. The lowest BCUT2D eigenvalue weighted by molar-refractivity contribution is -0.136. The van der Waals surface area contributed by atoms with Crippen LogP contribution in [-0.4, -0.2) is 30.8 Å². The summed E-state index contributed by atoms with van der Waals surface area (Å²) >= 11 is 5.79. The molecule has 0 saturated heterocycles. The average Bonchev–Trinajstić information content (AvgIpc) is 2.96. The number of halogens is 1. The summed E-state index contributed by atoms with van der Waals surface area (Å²) in [6.07, 6.45) is 6.60. The zero-order valence-corrected chi connectivity index (χ0v) is 13.3. The second-order valence-corrected chi connectivity index (χ2v) is 5.44. The van der Waals surface area contributed by atoms with Crippen LogP contribution in [0, 0.1) is 0 Å². The van der Waals surface area contributed by atoms with Crippen LogP contribution < -0.4 is 5.32 Å². The minimum absolute atomic E-state index is 0.155. The second kappa shape index (κ2) is 7.10. The first-order valence-electron chi connectivity index (χ1n) is 7.17. The normalized spacial score (nSPS) is 10.5. The number of carbonyl (C=O) groups is 1. The van der Waals surface area contributed by atoms with Gasteiger partial charge in [-0.3, -0.25) is 9.78 Å². The number of hydrogen-bond donors (Lipinski definition) is 2. The molecule has 0 unspecified atom stereocenters. The van der Waals surface area contributed by atoms with E-state index in [0.29, 0.717) is 23.1 Å². The molecule has 0 aliphatic rings. The molecule has 0 spiro atoms. The van der Waals surface area contributed by atoms with Gasteiger partial charge >= 0.3 is 5.97 Å². The summed E-state index contributed by atoms with van der Waals surface area (Å²) in [7, 11) is 0. The molecular weight excluding hydrogens is 330 g/mol. The smallest absolute Gasteiger partial charge is 0.309 e. The molecule has 3 aromatic heterocycles. The van der Waals surface area contributed by atoms with Gasteiger partial charge in [0, 0.05) is 30.7 Å². The zero-order valence-electron chi connectivity index (χ0n) is 12.6. The maximum atomic E-state index is 11.1. The Morgan fingerprint density at radius 3 is 2.83 bits per heavy atom. The molecule has 0 aliphatic carbocycles. The predicted octanol–water partition coefficient (Wildman–Crippen LogP) is 2.55. The number of carboxylic acids is 1. The van der Waals surface area contributed by atoms with Crippen molar-refractivity contribution in [3.63, 3.8) is 0 Å². The van der Waals surface area contributed by atoms with Crippen LogP contribution >= 0.6 is 11.6 Å². The molecule has 3 heterocycles. The van der Waals surface area contributed by atoms with E-state index in [-0.39, 0.29) is 6.42 Å². The average molecular weight is 344 g/mol. The van der Waals surface area contributed by atoms with Crippen LogP contribution in [0.2, 0.25) is 5.15 Å². The lowest BCUT2D eigenvalue weighted by atomic mass is 10.2. The summed E-state index contributed by atoms with van der Waals surface area (Å²) in [4.78, 5) is 19.1. The molecule has 7 nitrogen and oxygen atoms in total. The molecule has 0 fully saturated rings. The molecule has 0 atom stereocenters. The molecular formula is C16H14ClN5O2. The summed E-state index contributed by atoms with van der Waals surface area (Å²) < 4.78 is 1.60. The number of rotatable bonds is 6. The van der Waals surface area contributed by atoms with Crippen molar-refractivity contribution >= 4 is 23.3 Å². The van der Waals surface area contributed by atoms with Crippen molar-refractivity contribution in [1.82, 2.24) is 19.7 Å². The van der Waals surface area contributed by atoms with E-state index in [1.54, 1.807) is 41.6 Å². The number of pyridine rings is 2. The molecule has 0 aliphatic heterocycles. The van der Waals surface area contributed by atoms with Crippen LogP contribution in [0.25, 0.3) is 5.69 Å². The Bertz CT molecular complexity index is 833. The van der Waals surface area contributed by atoms with E-state index in [1.165, 1.54) is 0 Å². The Morgan fingerprint density at radius 2 is 2.17 bits per heavy atom. The van der Waals surface area contributed by atoms with E-state index in [2.05, 4.69) is 20.4 Å². The number of nitrogens with one attached hydrogen (secondary N) is 1. The van der Waals surface area contributed by atoms with Crippen LogP contribution in [0.15, 0.2) is 49.1 Å². The van der Waals surface area contributed by atoms with Crippen LogP contribution in [-0.2, 0) is 17.8 Å². The SMILES string of the molecule is O=C(O)Cc1nn(-c2ccc(Cl)nc2)cc1CNc1cccnc1. The van der Waals surface area contributed by atoms with Gasteiger partial charge in [0.05, 0.1) is 29.7 Å². The van der Waals surface area contributed by atoms with Gasteiger partial charge in [0.25, 0.3) is 0 Å². The van der Waals surface area contributed by atoms with Crippen molar-refractivity contribution in [2.75, 3.05) is 5.32 Å². The van der Waals surface area contributed by atoms with Crippen molar-refractivity contribution in [2.24, 2.45) is 0 Å². The molecule has 2 N–H and O–H groups in total. The lowest BCUT2D eigenvalue weighted by Crippen LogP contribution is -2.06. The Balaban J connectivity index is 1.85. The first kappa shape index (κ1) is 15.9. The summed E-state index contributed by atoms with van der Waals surface area (Å²) in [6.45, 7) is 0.440. The molecule has 3 rings (SSSR count). The fourth-order valence-electron chi connectivity index (χ4n) is 2.19. The molecule has 0 bridgehead atoms. The number of hydrogen-bond acceptors (Lipinski definition) is 5. The fraction of sp³-hybridized carbons (Fsp3) is 0.125. The molecule has 0 amide bonds. The van der Waals surface area contributed by atoms with Crippen LogP contribution in [0.4, 0.5) is 5.69 Å². The summed E-state index contributed by atoms with van der Waals surface area (Å²) in [5, 5.41) is 17.0. The molecule has 0 radical (unpaired) electrons. The molecule has 8 heteroatoms. The highest BCUT2D eigenvalue weighted by molar-refractivity contribution is 6.29. The zero-order chi connectivity index (χ0) is 16.9. The first-order valence-corrected chi connectivity index (χ1v) is 7.54. The van der Waals surface area contributed by atoms with Crippen LogP contribution in [0.1, 0.15) is 11.3 Å². The molecule has 24 heavy (non-hydrogen) atoms. The monoisotopic (exact) mass is 343 g/mol. The van der Waals surface area contributed by atoms with Gasteiger partial charge in [-0.2, -0.15) is 5.10 Å². The summed E-state index contributed by atoms with van der Waals surface area (Å²) in [5.41, 5.74) is 2.84. The van der Waals surface area contributed by atoms with E-state index in [0.717, 1.165) is 11.3 Å². The number of aliphatic carboxylic acids is 1. The van der Waals surface area contributed by atoms with E-state index >= 15 is 0 Å². The molecule has 122 valence electrons. The highest BCUT2D eigenvalue weighted by Crippen LogP contribution is 2.16. The number of aromatic nitrogens is 4.